The molecule has 5 rings (SSSR count). The van der Waals surface area contributed by atoms with Gasteiger partial charge in [-0.15, -0.1) is 0 Å². The molecule has 1 fully saturated rings. The van der Waals surface area contributed by atoms with Crippen LogP contribution in [0.25, 0.3) is 11.0 Å². The number of ether oxygens (including phenoxy) is 1. The lowest BCUT2D eigenvalue weighted by molar-refractivity contribution is 0.102. The van der Waals surface area contributed by atoms with E-state index >= 15 is 0 Å². The van der Waals surface area contributed by atoms with Gasteiger partial charge in [-0.2, -0.15) is 5.10 Å². The zero-order chi connectivity index (χ0) is 21.0. The fraction of sp³-hybridized carbons (Fsp3) is 0.208. The van der Waals surface area contributed by atoms with E-state index in [-0.39, 0.29) is 5.91 Å². The molecular weight excluding hydrogens is 390 g/mol. The number of nitrogens with zero attached hydrogens (tertiary/aromatic N) is 4. The molecule has 1 amide bonds. The number of amides is 1. The first kappa shape index (κ1) is 19.3. The molecule has 1 aliphatic heterocycles. The van der Waals surface area contributed by atoms with Crippen LogP contribution in [0.4, 0.5) is 11.4 Å². The fourth-order valence-corrected chi connectivity index (χ4v) is 3.75. The van der Waals surface area contributed by atoms with Gasteiger partial charge in [0.05, 0.1) is 31.5 Å². The monoisotopic (exact) mass is 413 g/mol. The number of aromatic nitrogens is 3. The number of hydrogen-bond acceptors (Lipinski definition) is 5. The van der Waals surface area contributed by atoms with Crippen molar-refractivity contribution in [3.05, 3.63) is 84.2 Å². The number of morpholine rings is 1. The van der Waals surface area contributed by atoms with Gasteiger partial charge < -0.3 is 15.0 Å². The zero-order valence-corrected chi connectivity index (χ0v) is 17.1. The van der Waals surface area contributed by atoms with Crippen molar-refractivity contribution in [1.29, 1.82) is 0 Å². The number of carbonyl (C=O) groups excluding carboxylic acids is 1. The number of pyridine rings is 1. The van der Waals surface area contributed by atoms with Crippen LogP contribution in [-0.4, -0.2) is 47.0 Å². The number of benzene rings is 2. The summed E-state index contributed by atoms with van der Waals surface area (Å²) in [6.45, 7) is 3.90. The standard InChI is InChI=1S/C24H23N5O2/c30-24(27-21-6-8-22(9-7-21)28-10-12-31-13-11-28)20-14-19-16-26-29(23(19)25-15-20)17-18-4-2-1-3-5-18/h1-9,14-16H,10-13,17H2,(H,27,30). The highest BCUT2D eigenvalue weighted by molar-refractivity contribution is 6.05. The second-order valence-corrected chi connectivity index (χ2v) is 7.53. The van der Waals surface area contributed by atoms with Crippen molar-refractivity contribution in [1.82, 2.24) is 14.8 Å². The molecule has 4 aromatic rings. The molecular formula is C24H23N5O2. The van der Waals surface area contributed by atoms with E-state index in [0.29, 0.717) is 12.1 Å². The largest absolute Gasteiger partial charge is 0.378 e. The molecule has 7 heteroatoms. The lowest BCUT2D eigenvalue weighted by Crippen LogP contribution is -2.36. The third-order valence-electron chi connectivity index (χ3n) is 5.41. The van der Waals surface area contributed by atoms with Gasteiger partial charge in [0.2, 0.25) is 0 Å². The Bertz CT molecular complexity index is 1180. The van der Waals surface area contributed by atoms with Crippen LogP contribution in [0.15, 0.2) is 73.1 Å². The average Bonchev–Trinajstić information content (AvgIpc) is 3.23. The molecule has 2 aromatic carbocycles. The van der Waals surface area contributed by atoms with E-state index < -0.39 is 0 Å². The molecule has 3 heterocycles. The molecule has 0 unspecified atom stereocenters. The molecule has 31 heavy (non-hydrogen) atoms. The second-order valence-electron chi connectivity index (χ2n) is 7.53. The Hall–Kier alpha value is -3.71. The van der Waals surface area contributed by atoms with Crippen molar-refractivity contribution >= 4 is 28.3 Å². The number of carbonyl (C=O) groups is 1. The summed E-state index contributed by atoms with van der Waals surface area (Å²) in [5, 5.41) is 8.23. The first-order chi connectivity index (χ1) is 15.3. The third kappa shape index (κ3) is 4.27. The predicted octanol–water partition coefficient (Wildman–Crippen LogP) is 3.57. The van der Waals surface area contributed by atoms with Crippen LogP contribution < -0.4 is 10.2 Å². The first-order valence-corrected chi connectivity index (χ1v) is 10.4. The number of hydrogen-bond donors (Lipinski definition) is 1. The molecule has 156 valence electrons. The minimum Gasteiger partial charge on any atom is -0.378 e. The van der Waals surface area contributed by atoms with E-state index in [1.807, 2.05) is 53.2 Å². The Morgan fingerprint density at radius 2 is 1.77 bits per heavy atom. The van der Waals surface area contributed by atoms with Crippen LogP contribution >= 0.6 is 0 Å². The summed E-state index contributed by atoms with van der Waals surface area (Å²) < 4.78 is 7.24. The van der Waals surface area contributed by atoms with Gasteiger partial charge in [-0.1, -0.05) is 30.3 Å². The van der Waals surface area contributed by atoms with Crippen LogP contribution in [0.1, 0.15) is 15.9 Å². The lowest BCUT2D eigenvalue weighted by atomic mass is 10.2. The van der Waals surface area contributed by atoms with E-state index in [9.17, 15) is 4.79 Å². The highest BCUT2D eigenvalue weighted by Crippen LogP contribution is 2.20. The van der Waals surface area contributed by atoms with Crippen LogP contribution in [0.5, 0.6) is 0 Å². The van der Waals surface area contributed by atoms with Gasteiger partial charge in [-0.25, -0.2) is 9.67 Å². The maximum atomic E-state index is 12.7. The van der Waals surface area contributed by atoms with E-state index in [0.717, 1.165) is 54.3 Å². The molecule has 0 radical (unpaired) electrons. The number of fused-ring (bicyclic) bond motifs is 1. The Labute approximate surface area is 180 Å². The summed E-state index contributed by atoms with van der Waals surface area (Å²) in [6.07, 6.45) is 3.35. The number of anilines is 2. The Kier molecular flexibility index (Phi) is 5.33. The second kappa shape index (κ2) is 8.57. The summed E-state index contributed by atoms with van der Waals surface area (Å²) in [4.78, 5) is 19.5. The minimum absolute atomic E-state index is 0.190. The van der Waals surface area contributed by atoms with Gasteiger partial charge in [0.15, 0.2) is 5.65 Å². The Balaban J connectivity index is 1.28. The predicted molar refractivity (Wildman–Crippen MR) is 120 cm³/mol. The third-order valence-corrected chi connectivity index (χ3v) is 5.41. The van der Waals surface area contributed by atoms with Crippen molar-refractivity contribution in [3.8, 4) is 0 Å². The van der Waals surface area contributed by atoms with E-state index in [2.05, 4.69) is 32.4 Å². The zero-order valence-electron chi connectivity index (χ0n) is 17.1. The van der Waals surface area contributed by atoms with Crippen molar-refractivity contribution in [2.75, 3.05) is 36.5 Å². The Morgan fingerprint density at radius 1 is 1.00 bits per heavy atom. The molecule has 0 spiro atoms. The van der Waals surface area contributed by atoms with Crippen LogP contribution in [-0.2, 0) is 11.3 Å². The maximum Gasteiger partial charge on any atom is 0.257 e. The van der Waals surface area contributed by atoms with Crippen LogP contribution in [0, 0.1) is 0 Å². The highest BCUT2D eigenvalue weighted by Gasteiger charge is 2.13. The van der Waals surface area contributed by atoms with Gasteiger partial charge in [0.1, 0.15) is 0 Å². The normalized spacial score (nSPS) is 14.0. The van der Waals surface area contributed by atoms with Gasteiger partial charge in [0, 0.05) is 36.0 Å². The van der Waals surface area contributed by atoms with Crippen LogP contribution in [0.3, 0.4) is 0 Å². The fourth-order valence-electron chi connectivity index (χ4n) is 3.75. The minimum atomic E-state index is -0.190. The summed E-state index contributed by atoms with van der Waals surface area (Å²) in [7, 11) is 0. The topological polar surface area (TPSA) is 72.3 Å². The Morgan fingerprint density at radius 3 is 2.55 bits per heavy atom. The molecule has 1 saturated heterocycles. The first-order valence-electron chi connectivity index (χ1n) is 10.4. The van der Waals surface area contributed by atoms with Crippen molar-refractivity contribution < 1.29 is 9.53 Å². The van der Waals surface area contributed by atoms with Crippen molar-refractivity contribution in [2.45, 2.75) is 6.54 Å². The smallest absolute Gasteiger partial charge is 0.257 e. The molecule has 1 aliphatic rings. The molecule has 0 bridgehead atoms. The summed E-state index contributed by atoms with van der Waals surface area (Å²) in [6, 6.07) is 19.8. The molecule has 7 nitrogen and oxygen atoms in total. The van der Waals surface area contributed by atoms with E-state index in [1.54, 1.807) is 12.4 Å². The molecule has 0 saturated carbocycles. The van der Waals surface area contributed by atoms with E-state index in [1.165, 1.54) is 0 Å². The average molecular weight is 413 g/mol. The van der Waals surface area contributed by atoms with Gasteiger partial charge in [0.25, 0.3) is 5.91 Å². The number of rotatable bonds is 5. The lowest BCUT2D eigenvalue weighted by Gasteiger charge is -2.28. The summed E-state index contributed by atoms with van der Waals surface area (Å²) in [5.41, 5.74) is 4.30. The van der Waals surface area contributed by atoms with Crippen LogP contribution in [0.2, 0.25) is 0 Å². The summed E-state index contributed by atoms with van der Waals surface area (Å²) >= 11 is 0. The highest BCUT2D eigenvalue weighted by atomic mass is 16.5. The molecule has 0 aliphatic carbocycles. The van der Waals surface area contributed by atoms with Gasteiger partial charge >= 0.3 is 0 Å². The summed E-state index contributed by atoms with van der Waals surface area (Å²) in [5.74, 6) is -0.190. The van der Waals surface area contributed by atoms with Crippen molar-refractivity contribution in [2.24, 2.45) is 0 Å². The molecule has 1 N–H and O–H groups in total. The quantitative estimate of drug-likeness (QED) is 0.542. The van der Waals surface area contributed by atoms with E-state index in [4.69, 9.17) is 4.74 Å². The number of nitrogens with one attached hydrogen (secondary N) is 1. The maximum absolute atomic E-state index is 12.7. The molecule has 2 aromatic heterocycles. The van der Waals surface area contributed by atoms with Gasteiger partial charge in [-0.3, -0.25) is 4.79 Å². The van der Waals surface area contributed by atoms with Gasteiger partial charge in [-0.05, 0) is 35.9 Å². The van der Waals surface area contributed by atoms with Crippen molar-refractivity contribution in [3.63, 3.8) is 0 Å². The SMILES string of the molecule is O=C(Nc1ccc(N2CCOCC2)cc1)c1cnc2c(cnn2Cc2ccccc2)c1. The molecule has 0 atom stereocenters.